The molecule has 0 radical (unpaired) electrons. The highest BCUT2D eigenvalue weighted by atomic mass is 32.2. The van der Waals surface area contributed by atoms with Gasteiger partial charge in [0.25, 0.3) is 0 Å². The van der Waals surface area contributed by atoms with Crippen LogP contribution in [0, 0.1) is 0 Å². The number of nitrogens with one attached hydrogen (secondary N) is 1. The van der Waals surface area contributed by atoms with Crippen LogP contribution >= 0.6 is 0 Å². The number of anilines is 1. The summed E-state index contributed by atoms with van der Waals surface area (Å²) < 4.78 is 40.5. The number of hydrogen-bond acceptors (Lipinski definition) is 6. The molecule has 0 bridgehead atoms. The number of ether oxygens (including phenoxy) is 2. The molecular formula is C17H24N4O5S. The van der Waals surface area contributed by atoms with Crippen LogP contribution in [0.5, 0.6) is 5.75 Å². The third-order valence-electron chi connectivity index (χ3n) is 4.18. The molecule has 2 aliphatic heterocycles. The van der Waals surface area contributed by atoms with Crippen molar-refractivity contribution < 1.29 is 22.7 Å². The average Bonchev–Trinajstić information content (AvgIpc) is 2.98. The lowest BCUT2D eigenvalue weighted by molar-refractivity contribution is 0.0187. The maximum absolute atomic E-state index is 12.4. The van der Waals surface area contributed by atoms with Crippen LogP contribution in [0.1, 0.15) is 39.2 Å². The maximum atomic E-state index is 12.4. The summed E-state index contributed by atoms with van der Waals surface area (Å²) in [6.07, 6.45) is 1.30. The second kappa shape index (κ2) is 6.91. The van der Waals surface area contributed by atoms with Crippen molar-refractivity contribution in [2.75, 3.05) is 17.9 Å². The normalized spacial score (nSPS) is 21.1. The fourth-order valence-electron chi connectivity index (χ4n) is 3.09. The number of amides is 1. The summed E-state index contributed by atoms with van der Waals surface area (Å²) >= 11 is 0. The smallest absolute Gasteiger partial charge is 0.410 e. The Kier molecular flexibility index (Phi) is 4.94. The van der Waals surface area contributed by atoms with Crippen molar-refractivity contribution in [3.63, 3.8) is 0 Å². The Labute approximate surface area is 158 Å². The summed E-state index contributed by atoms with van der Waals surface area (Å²) in [7, 11) is -3.84. The van der Waals surface area contributed by atoms with Gasteiger partial charge in [0.05, 0.1) is 17.3 Å². The standard InChI is InChI=1S/C17H24N4O5S/c1-17(2,3)26-16(22)21-9-5-6-11(21)10-25-13-8-4-7-12-14(13)15(18)20-27(23,24)19-12/h4,7-8,11,19H,5-6,9-10H2,1-3H3,(H2,18,20)/t11-/m0/s1. The van der Waals surface area contributed by atoms with Crippen molar-refractivity contribution in [1.82, 2.24) is 4.90 Å². The van der Waals surface area contributed by atoms with Gasteiger partial charge in [-0.2, -0.15) is 8.42 Å². The summed E-state index contributed by atoms with van der Waals surface area (Å²) in [5.41, 5.74) is 5.97. The predicted molar refractivity (Wildman–Crippen MR) is 101 cm³/mol. The minimum absolute atomic E-state index is 0.130. The zero-order valence-electron chi connectivity index (χ0n) is 15.6. The van der Waals surface area contributed by atoms with E-state index >= 15 is 0 Å². The Morgan fingerprint density at radius 3 is 2.85 bits per heavy atom. The molecule has 3 rings (SSSR count). The monoisotopic (exact) mass is 396 g/mol. The van der Waals surface area contributed by atoms with E-state index in [1.807, 2.05) is 20.8 Å². The van der Waals surface area contributed by atoms with Crippen LogP contribution in [0.15, 0.2) is 22.6 Å². The third-order valence-corrected chi connectivity index (χ3v) is 5.09. The van der Waals surface area contributed by atoms with Crippen molar-refractivity contribution in [3.05, 3.63) is 23.8 Å². The van der Waals surface area contributed by atoms with E-state index in [4.69, 9.17) is 15.2 Å². The lowest BCUT2D eigenvalue weighted by Gasteiger charge is -2.29. The molecule has 3 N–H and O–H groups in total. The van der Waals surface area contributed by atoms with Gasteiger partial charge in [0.1, 0.15) is 18.0 Å². The van der Waals surface area contributed by atoms with Gasteiger partial charge in [0, 0.05) is 6.54 Å². The number of nitrogens with zero attached hydrogens (tertiary/aromatic N) is 2. The fourth-order valence-corrected chi connectivity index (χ4v) is 3.94. The van der Waals surface area contributed by atoms with E-state index in [0.29, 0.717) is 23.5 Å². The van der Waals surface area contributed by atoms with Gasteiger partial charge in [0.15, 0.2) is 5.84 Å². The zero-order valence-corrected chi connectivity index (χ0v) is 16.4. The van der Waals surface area contributed by atoms with Crippen LogP contribution in [0.3, 0.4) is 0 Å². The largest absolute Gasteiger partial charge is 0.491 e. The highest BCUT2D eigenvalue weighted by Crippen LogP contribution is 2.31. The first kappa shape index (κ1) is 19.3. The number of hydrogen-bond donors (Lipinski definition) is 2. The van der Waals surface area contributed by atoms with E-state index in [1.54, 1.807) is 23.1 Å². The molecule has 0 aromatic heterocycles. The predicted octanol–water partition coefficient (Wildman–Crippen LogP) is 1.84. The molecule has 27 heavy (non-hydrogen) atoms. The minimum atomic E-state index is -3.84. The highest BCUT2D eigenvalue weighted by molar-refractivity contribution is 7.91. The topological polar surface area (TPSA) is 123 Å². The molecule has 2 heterocycles. The molecule has 9 nitrogen and oxygen atoms in total. The number of carbonyl (C=O) groups excluding carboxylic acids is 1. The molecule has 10 heteroatoms. The van der Waals surface area contributed by atoms with Gasteiger partial charge < -0.3 is 20.1 Å². The molecule has 0 spiro atoms. The molecule has 1 atom stereocenters. The molecule has 1 fully saturated rings. The van der Waals surface area contributed by atoms with E-state index in [-0.39, 0.29) is 24.6 Å². The first-order chi connectivity index (χ1) is 12.6. The average molecular weight is 396 g/mol. The lowest BCUT2D eigenvalue weighted by Crippen LogP contribution is -2.42. The zero-order chi connectivity index (χ0) is 19.8. The molecule has 0 unspecified atom stereocenters. The Morgan fingerprint density at radius 1 is 1.41 bits per heavy atom. The van der Waals surface area contributed by atoms with E-state index in [0.717, 1.165) is 12.8 Å². The number of rotatable bonds is 3. The van der Waals surface area contributed by atoms with Gasteiger partial charge >= 0.3 is 16.3 Å². The summed E-state index contributed by atoms with van der Waals surface area (Å²) in [5.74, 6) is 0.280. The van der Waals surface area contributed by atoms with Crippen LogP contribution in [-0.4, -0.2) is 50.0 Å². The highest BCUT2D eigenvalue weighted by Gasteiger charge is 2.33. The number of benzene rings is 1. The van der Waals surface area contributed by atoms with Gasteiger partial charge in [-0.05, 0) is 45.7 Å². The molecule has 1 aromatic carbocycles. The van der Waals surface area contributed by atoms with Gasteiger partial charge in [-0.15, -0.1) is 4.40 Å². The number of amidine groups is 1. The number of fused-ring (bicyclic) bond motifs is 1. The van der Waals surface area contributed by atoms with Crippen LogP contribution in [-0.2, 0) is 14.9 Å². The van der Waals surface area contributed by atoms with Crippen molar-refractivity contribution in [3.8, 4) is 5.75 Å². The summed E-state index contributed by atoms with van der Waals surface area (Å²) in [6.45, 7) is 6.33. The molecule has 0 saturated carbocycles. The van der Waals surface area contributed by atoms with E-state index in [1.165, 1.54) is 0 Å². The minimum Gasteiger partial charge on any atom is -0.491 e. The Balaban J connectivity index is 1.73. The number of carbonyl (C=O) groups is 1. The Hall–Kier alpha value is -2.49. The number of nitrogens with two attached hydrogens (primary N) is 1. The Bertz CT molecular complexity index is 876. The third kappa shape index (κ3) is 4.44. The summed E-state index contributed by atoms with van der Waals surface area (Å²) in [4.78, 5) is 14.0. The first-order valence-corrected chi connectivity index (χ1v) is 10.1. The molecule has 1 aromatic rings. The summed E-state index contributed by atoms with van der Waals surface area (Å²) in [5, 5.41) is 0. The second-order valence-corrected chi connectivity index (χ2v) is 8.85. The molecule has 2 aliphatic rings. The van der Waals surface area contributed by atoms with Crippen molar-refractivity contribution in [2.24, 2.45) is 10.1 Å². The Morgan fingerprint density at radius 2 is 2.15 bits per heavy atom. The van der Waals surface area contributed by atoms with E-state index < -0.39 is 15.8 Å². The van der Waals surface area contributed by atoms with Crippen LogP contribution in [0.25, 0.3) is 0 Å². The van der Waals surface area contributed by atoms with Crippen molar-refractivity contribution >= 4 is 27.8 Å². The van der Waals surface area contributed by atoms with Gasteiger partial charge in [-0.25, -0.2) is 4.79 Å². The molecule has 0 aliphatic carbocycles. The van der Waals surface area contributed by atoms with Crippen molar-refractivity contribution in [2.45, 2.75) is 45.3 Å². The molecule has 1 saturated heterocycles. The molecule has 148 valence electrons. The lowest BCUT2D eigenvalue weighted by atomic mass is 10.1. The SMILES string of the molecule is CC(C)(C)OC(=O)N1CCC[C@H]1COc1cccc2c1C(N)=NS(=O)(=O)N2. The second-order valence-electron chi connectivity index (χ2n) is 7.51. The first-order valence-electron chi connectivity index (χ1n) is 8.70. The van der Waals surface area contributed by atoms with Crippen LogP contribution in [0.4, 0.5) is 10.5 Å². The van der Waals surface area contributed by atoms with E-state index in [9.17, 15) is 13.2 Å². The fraction of sp³-hybridized carbons (Fsp3) is 0.529. The quantitative estimate of drug-likeness (QED) is 0.803. The maximum Gasteiger partial charge on any atom is 0.410 e. The van der Waals surface area contributed by atoms with Gasteiger partial charge in [0.2, 0.25) is 0 Å². The number of likely N-dealkylation sites (tertiary alicyclic amines) is 1. The van der Waals surface area contributed by atoms with E-state index in [2.05, 4.69) is 9.12 Å². The van der Waals surface area contributed by atoms with Crippen LogP contribution < -0.4 is 15.2 Å². The summed E-state index contributed by atoms with van der Waals surface area (Å²) in [6, 6.07) is 4.81. The molecular weight excluding hydrogens is 372 g/mol. The van der Waals surface area contributed by atoms with Crippen LogP contribution in [0.2, 0.25) is 0 Å². The van der Waals surface area contributed by atoms with Crippen molar-refractivity contribution in [1.29, 1.82) is 0 Å². The van der Waals surface area contributed by atoms with Gasteiger partial charge in [-0.1, -0.05) is 6.07 Å². The molecule has 1 amide bonds. The van der Waals surface area contributed by atoms with Gasteiger partial charge in [-0.3, -0.25) is 4.72 Å².